The predicted octanol–water partition coefficient (Wildman–Crippen LogP) is 2.68. The van der Waals surface area contributed by atoms with Gasteiger partial charge in [0.25, 0.3) is 10.0 Å². The second-order valence-electron chi connectivity index (χ2n) is 4.64. The van der Waals surface area contributed by atoms with Crippen molar-refractivity contribution in [1.82, 2.24) is 0 Å². The van der Waals surface area contributed by atoms with Gasteiger partial charge in [-0.3, -0.25) is 4.72 Å². The zero-order chi connectivity index (χ0) is 15.6. The number of nitrogens with one attached hydrogen (secondary N) is 1. The normalized spacial score (nSPS) is 10.9. The van der Waals surface area contributed by atoms with Crippen LogP contribution in [-0.4, -0.2) is 13.5 Å². The van der Waals surface area contributed by atoms with E-state index in [-0.39, 0.29) is 10.6 Å². The molecular weight excluding hydrogens is 288 g/mol. The minimum Gasteiger partial charge on any atom is -0.508 e. The Morgan fingerprint density at radius 1 is 1.19 bits per heavy atom. The maximum atomic E-state index is 12.3. The number of hydrogen-bond acceptors (Lipinski definition) is 4. The summed E-state index contributed by atoms with van der Waals surface area (Å²) in [6.45, 7) is 3.30. The summed E-state index contributed by atoms with van der Waals surface area (Å²) in [6, 6.07) is 10.9. The Kier molecular flexibility index (Phi) is 3.87. The van der Waals surface area contributed by atoms with Crippen molar-refractivity contribution in [2.24, 2.45) is 0 Å². The van der Waals surface area contributed by atoms with Crippen molar-refractivity contribution in [1.29, 1.82) is 5.26 Å². The number of sulfonamides is 1. The third-order valence-electron chi connectivity index (χ3n) is 3.18. The van der Waals surface area contributed by atoms with Crippen molar-refractivity contribution >= 4 is 15.7 Å². The summed E-state index contributed by atoms with van der Waals surface area (Å²) in [5, 5.41) is 18.5. The fraction of sp³-hybridized carbons (Fsp3) is 0.133. The highest BCUT2D eigenvalue weighted by molar-refractivity contribution is 7.92. The molecule has 0 saturated heterocycles. The maximum absolute atomic E-state index is 12.3. The van der Waals surface area contributed by atoms with Gasteiger partial charge in [0, 0.05) is 5.56 Å². The van der Waals surface area contributed by atoms with Gasteiger partial charge in [0.15, 0.2) is 0 Å². The lowest BCUT2D eigenvalue weighted by atomic mass is 10.1. The van der Waals surface area contributed by atoms with Gasteiger partial charge < -0.3 is 5.11 Å². The van der Waals surface area contributed by atoms with Crippen LogP contribution in [0.25, 0.3) is 0 Å². The van der Waals surface area contributed by atoms with Crippen LogP contribution < -0.4 is 4.72 Å². The fourth-order valence-electron chi connectivity index (χ4n) is 1.87. The molecule has 0 bridgehead atoms. The third-order valence-corrected chi connectivity index (χ3v) is 4.54. The first-order valence-electron chi connectivity index (χ1n) is 6.17. The average molecular weight is 302 g/mol. The Morgan fingerprint density at radius 2 is 1.90 bits per heavy atom. The topological polar surface area (TPSA) is 90.2 Å². The van der Waals surface area contributed by atoms with Crippen molar-refractivity contribution in [3.8, 4) is 11.8 Å². The van der Waals surface area contributed by atoms with Crippen LogP contribution in [0.2, 0.25) is 0 Å². The van der Waals surface area contributed by atoms with Gasteiger partial charge in [0.05, 0.1) is 22.2 Å². The molecule has 2 aromatic rings. The SMILES string of the molecule is Cc1cc(S(=O)(=O)Nc2cccc(O)c2C)ccc1C#N. The average Bonchev–Trinajstić information content (AvgIpc) is 2.43. The van der Waals surface area contributed by atoms with Crippen LogP contribution in [0.15, 0.2) is 41.3 Å². The lowest BCUT2D eigenvalue weighted by Crippen LogP contribution is -2.14. The summed E-state index contributed by atoms with van der Waals surface area (Å²) in [4.78, 5) is 0.0711. The summed E-state index contributed by atoms with van der Waals surface area (Å²) < 4.78 is 27.1. The quantitative estimate of drug-likeness (QED) is 0.912. The number of nitriles is 1. The van der Waals surface area contributed by atoms with E-state index in [0.29, 0.717) is 22.4 Å². The van der Waals surface area contributed by atoms with E-state index in [9.17, 15) is 13.5 Å². The van der Waals surface area contributed by atoms with Gasteiger partial charge >= 0.3 is 0 Å². The Balaban J connectivity index is 2.41. The highest BCUT2D eigenvalue weighted by atomic mass is 32.2. The van der Waals surface area contributed by atoms with Gasteiger partial charge in [-0.25, -0.2) is 8.42 Å². The van der Waals surface area contributed by atoms with Gasteiger partial charge in [-0.1, -0.05) is 6.07 Å². The Morgan fingerprint density at radius 3 is 2.52 bits per heavy atom. The Bertz CT molecular complexity index is 836. The first-order valence-corrected chi connectivity index (χ1v) is 7.65. The van der Waals surface area contributed by atoms with Gasteiger partial charge in [-0.2, -0.15) is 5.26 Å². The maximum Gasteiger partial charge on any atom is 0.261 e. The molecule has 0 aliphatic carbocycles. The second-order valence-corrected chi connectivity index (χ2v) is 6.33. The smallest absolute Gasteiger partial charge is 0.261 e. The van der Waals surface area contributed by atoms with E-state index in [4.69, 9.17) is 5.26 Å². The molecule has 2 rings (SSSR count). The van der Waals surface area contributed by atoms with Gasteiger partial charge in [0.1, 0.15) is 5.75 Å². The molecule has 108 valence electrons. The summed E-state index contributed by atoms with van der Waals surface area (Å²) in [5.74, 6) is 0.0196. The first kappa shape index (κ1) is 14.9. The van der Waals surface area contributed by atoms with E-state index in [1.54, 1.807) is 26.0 Å². The van der Waals surface area contributed by atoms with Gasteiger partial charge in [-0.15, -0.1) is 0 Å². The first-order chi connectivity index (χ1) is 9.85. The molecule has 0 unspecified atom stereocenters. The number of phenols is 1. The molecule has 6 heteroatoms. The number of benzene rings is 2. The number of rotatable bonds is 3. The lowest BCUT2D eigenvalue weighted by Gasteiger charge is -2.12. The van der Waals surface area contributed by atoms with Crippen LogP contribution in [0.4, 0.5) is 5.69 Å². The van der Waals surface area contributed by atoms with Crippen molar-refractivity contribution in [3.05, 3.63) is 53.1 Å². The molecule has 21 heavy (non-hydrogen) atoms. The highest BCUT2D eigenvalue weighted by Gasteiger charge is 2.17. The number of anilines is 1. The molecule has 0 spiro atoms. The zero-order valence-corrected chi connectivity index (χ0v) is 12.4. The summed E-state index contributed by atoms with van der Waals surface area (Å²) in [5.41, 5.74) is 1.79. The van der Waals surface area contributed by atoms with Crippen LogP contribution in [0.5, 0.6) is 5.75 Å². The predicted molar refractivity (Wildman–Crippen MR) is 79.5 cm³/mol. The van der Waals surface area contributed by atoms with Crippen molar-refractivity contribution in [3.63, 3.8) is 0 Å². The standard InChI is InChI=1S/C15H14N2O3S/c1-10-8-13(7-6-12(10)9-16)21(19,20)17-14-4-3-5-15(18)11(14)2/h3-8,17-18H,1-2H3. The van der Waals surface area contributed by atoms with E-state index in [1.165, 1.54) is 24.3 Å². The molecule has 5 nitrogen and oxygen atoms in total. The van der Waals surface area contributed by atoms with Crippen molar-refractivity contribution in [2.45, 2.75) is 18.7 Å². The highest BCUT2D eigenvalue weighted by Crippen LogP contribution is 2.26. The third kappa shape index (κ3) is 2.98. The van der Waals surface area contributed by atoms with E-state index in [1.807, 2.05) is 6.07 Å². The van der Waals surface area contributed by atoms with Gasteiger partial charge in [-0.05, 0) is 49.7 Å². The van der Waals surface area contributed by atoms with E-state index in [2.05, 4.69) is 4.72 Å². The summed E-state index contributed by atoms with van der Waals surface area (Å²) >= 11 is 0. The van der Waals surface area contributed by atoms with Crippen LogP contribution in [0, 0.1) is 25.2 Å². The van der Waals surface area contributed by atoms with E-state index >= 15 is 0 Å². The number of nitrogens with zero attached hydrogens (tertiary/aromatic N) is 1. The molecule has 0 amide bonds. The lowest BCUT2D eigenvalue weighted by molar-refractivity contribution is 0.471. The zero-order valence-electron chi connectivity index (χ0n) is 11.6. The molecule has 0 fully saturated rings. The van der Waals surface area contributed by atoms with Crippen LogP contribution in [0.3, 0.4) is 0 Å². The molecule has 2 N–H and O–H groups in total. The molecule has 2 aromatic carbocycles. The summed E-state index contributed by atoms with van der Waals surface area (Å²) in [7, 11) is -3.77. The monoisotopic (exact) mass is 302 g/mol. The van der Waals surface area contributed by atoms with Crippen LogP contribution >= 0.6 is 0 Å². The number of hydrogen-bond donors (Lipinski definition) is 2. The van der Waals surface area contributed by atoms with Crippen LogP contribution in [-0.2, 0) is 10.0 Å². The Labute approximate surface area is 123 Å². The van der Waals surface area contributed by atoms with E-state index in [0.717, 1.165) is 0 Å². The largest absolute Gasteiger partial charge is 0.508 e. The second kappa shape index (κ2) is 5.46. The molecule has 0 radical (unpaired) electrons. The minimum atomic E-state index is -3.77. The van der Waals surface area contributed by atoms with Gasteiger partial charge in [0.2, 0.25) is 0 Å². The molecule has 0 aromatic heterocycles. The van der Waals surface area contributed by atoms with Crippen molar-refractivity contribution < 1.29 is 13.5 Å². The fourth-order valence-corrected chi connectivity index (χ4v) is 3.07. The molecule has 0 atom stereocenters. The molecular formula is C15H14N2O3S. The number of aromatic hydroxyl groups is 1. The van der Waals surface area contributed by atoms with Crippen molar-refractivity contribution in [2.75, 3.05) is 4.72 Å². The number of aryl methyl sites for hydroxylation is 1. The molecule has 0 aliphatic heterocycles. The molecule has 0 aliphatic rings. The molecule has 0 heterocycles. The summed E-state index contributed by atoms with van der Waals surface area (Å²) in [6.07, 6.45) is 0. The minimum absolute atomic E-state index is 0.0196. The van der Waals surface area contributed by atoms with E-state index < -0.39 is 10.0 Å². The number of phenolic OH excluding ortho intramolecular Hbond substituents is 1. The van der Waals surface area contributed by atoms with Crippen LogP contribution in [0.1, 0.15) is 16.7 Å². The molecule has 0 saturated carbocycles. The Hall–Kier alpha value is -2.52.